The van der Waals surface area contributed by atoms with Gasteiger partial charge >= 0.3 is 5.97 Å². The smallest absolute Gasteiger partial charge is 0.306 e. The normalized spacial score (nSPS) is 25.6. The Balaban J connectivity index is 1.38. The highest BCUT2D eigenvalue weighted by Crippen LogP contribution is 2.61. The Hall–Kier alpha value is -4.32. The molecule has 3 heterocycles. The maximum absolute atomic E-state index is 15.2. The summed E-state index contributed by atoms with van der Waals surface area (Å²) in [6.07, 6.45) is 3.96. The van der Waals surface area contributed by atoms with Crippen LogP contribution in [0.1, 0.15) is 51.1 Å². The lowest BCUT2D eigenvalue weighted by atomic mass is 9.70. The molecule has 53 heavy (non-hydrogen) atoms. The molecule has 3 aliphatic rings. The number of nitrogens with zero attached hydrogens (tertiary/aromatic N) is 2. The molecule has 3 aromatic carbocycles. The Morgan fingerprint density at radius 1 is 1.08 bits per heavy atom. The maximum Gasteiger partial charge on any atom is 0.306 e. The summed E-state index contributed by atoms with van der Waals surface area (Å²) in [5.74, 6) is -3.48. The van der Waals surface area contributed by atoms with Gasteiger partial charge in [-0.2, -0.15) is 0 Å². The molecule has 0 radical (unpaired) electrons. The van der Waals surface area contributed by atoms with Crippen molar-refractivity contribution in [2.75, 3.05) is 24.7 Å². The Bertz CT molecular complexity index is 1850. The van der Waals surface area contributed by atoms with Crippen LogP contribution in [0.25, 0.3) is 10.8 Å². The lowest BCUT2D eigenvalue weighted by Gasteiger charge is -2.40. The summed E-state index contributed by atoms with van der Waals surface area (Å²) in [6, 6.07) is 20.3. The Labute approximate surface area is 319 Å². The fourth-order valence-corrected chi connectivity index (χ4v) is 9.39. The van der Waals surface area contributed by atoms with Gasteiger partial charge in [0.2, 0.25) is 11.8 Å². The molecular weight excluding hydrogens is 738 g/mol. The zero-order chi connectivity index (χ0) is 37.9. The fourth-order valence-electron chi connectivity index (χ4n) is 8.45. The van der Waals surface area contributed by atoms with Crippen LogP contribution < -0.4 is 10.2 Å². The molecule has 3 amide bonds. The number of ether oxygens (including phenoxy) is 2. The third-order valence-electron chi connectivity index (χ3n) is 10.7. The summed E-state index contributed by atoms with van der Waals surface area (Å²) in [4.78, 5) is 59.9. The number of aliphatic hydroxyl groups is 1. The second-order valence-corrected chi connectivity index (χ2v) is 15.8. The number of nitrogens with one attached hydrogen (secondary N) is 1. The molecule has 6 rings (SSSR count). The average molecular weight is 787 g/mol. The quantitative estimate of drug-likeness (QED) is 0.106. The number of hydrogen-bond donors (Lipinski definition) is 2. The maximum atomic E-state index is 15.2. The van der Waals surface area contributed by atoms with Gasteiger partial charge in [0, 0.05) is 23.5 Å². The first kappa shape index (κ1) is 38.4. The van der Waals surface area contributed by atoms with Crippen molar-refractivity contribution in [2.45, 2.75) is 74.2 Å². The Morgan fingerprint density at radius 3 is 2.47 bits per heavy atom. The number of halogens is 1. The number of rotatable bonds is 16. The summed E-state index contributed by atoms with van der Waals surface area (Å²) < 4.78 is 12.4. The van der Waals surface area contributed by atoms with Crippen LogP contribution in [0, 0.1) is 17.8 Å². The van der Waals surface area contributed by atoms with Crippen molar-refractivity contribution in [3.05, 3.63) is 104 Å². The summed E-state index contributed by atoms with van der Waals surface area (Å²) in [7, 11) is 0. The monoisotopic (exact) mass is 785 g/mol. The summed E-state index contributed by atoms with van der Waals surface area (Å²) in [5, 5.41) is 15.8. The highest BCUT2D eigenvalue weighted by atomic mass is 79.9. The minimum absolute atomic E-state index is 0.0968. The summed E-state index contributed by atoms with van der Waals surface area (Å²) in [6.45, 7) is 11.3. The SMILES string of the molecule is C=CCCC(=O)OC[C@@H](NC(=O)[C@@H]1[C@H]2O[C@@]3(CC2Br)[C@H](C(=O)N(CC=C)c2ccc4ccccc4c2)N([C@@H](CO)CC(C)C)C(=O)[C@@H]13)c1ccccc1. The largest absolute Gasteiger partial charge is 0.463 e. The van der Waals surface area contributed by atoms with E-state index >= 15 is 4.79 Å². The second-order valence-electron chi connectivity index (χ2n) is 14.6. The van der Waals surface area contributed by atoms with Crippen LogP contribution in [0.2, 0.25) is 0 Å². The molecular formula is C42H48BrN3O7. The van der Waals surface area contributed by atoms with Crippen LogP contribution in [0.15, 0.2) is 98.1 Å². The zero-order valence-electron chi connectivity index (χ0n) is 30.2. The van der Waals surface area contributed by atoms with E-state index in [1.54, 1.807) is 17.1 Å². The van der Waals surface area contributed by atoms with E-state index in [0.29, 0.717) is 24.9 Å². The number of allylic oxidation sites excluding steroid dienone is 1. The first-order valence-electron chi connectivity index (χ1n) is 18.3. The molecule has 2 N–H and O–H groups in total. The van der Waals surface area contributed by atoms with E-state index in [4.69, 9.17) is 9.47 Å². The number of hydrogen-bond acceptors (Lipinski definition) is 7. The average Bonchev–Trinajstić information content (AvgIpc) is 3.76. The van der Waals surface area contributed by atoms with Crippen LogP contribution in [0.3, 0.4) is 0 Å². The van der Waals surface area contributed by atoms with Gasteiger partial charge in [0.1, 0.15) is 18.2 Å². The molecule has 0 aromatic heterocycles. The minimum atomic E-state index is -1.35. The second kappa shape index (κ2) is 16.4. The van der Waals surface area contributed by atoms with Crippen molar-refractivity contribution in [3.8, 4) is 0 Å². The summed E-state index contributed by atoms with van der Waals surface area (Å²) >= 11 is 3.77. The molecule has 3 aliphatic heterocycles. The Kier molecular flexibility index (Phi) is 11.9. The van der Waals surface area contributed by atoms with Crippen LogP contribution >= 0.6 is 15.9 Å². The van der Waals surface area contributed by atoms with Crippen molar-refractivity contribution >= 4 is 56.1 Å². The van der Waals surface area contributed by atoms with Crippen molar-refractivity contribution in [3.63, 3.8) is 0 Å². The zero-order valence-corrected chi connectivity index (χ0v) is 31.8. The number of alkyl halides is 1. The molecule has 0 aliphatic carbocycles. The van der Waals surface area contributed by atoms with Crippen LogP contribution in [-0.4, -0.2) is 82.1 Å². The van der Waals surface area contributed by atoms with E-state index in [0.717, 1.165) is 16.3 Å². The Morgan fingerprint density at radius 2 is 1.79 bits per heavy atom. The lowest BCUT2D eigenvalue weighted by Crippen LogP contribution is -2.59. The van der Waals surface area contributed by atoms with Gasteiger partial charge < -0.3 is 29.7 Å². The number of carbonyl (C=O) groups excluding carboxylic acids is 4. The van der Waals surface area contributed by atoms with Gasteiger partial charge in [-0.25, -0.2) is 0 Å². The molecule has 11 heteroatoms. The number of esters is 1. The number of carbonyl (C=O) groups is 4. The molecule has 10 nitrogen and oxygen atoms in total. The van der Waals surface area contributed by atoms with E-state index in [2.05, 4.69) is 34.4 Å². The number of fused-ring (bicyclic) bond motifs is 2. The van der Waals surface area contributed by atoms with Crippen LogP contribution in [0.5, 0.6) is 0 Å². The standard InChI is InChI=1S/C42H48BrN3O7/c1-5-7-17-34(48)52-25-33(28-14-9-8-10-15-28)44-39(49)35-36-40(50)46(31(24-47)21-26(3)4)38(42(36)23-32(43)37(35)53-42)41(51)45(20-6-2)30-19-18-27-13-11-12-16-29(27)22-30/h5-6,8-16,18-19,22,26,31-33,35-38,47H,1-2,7,17,20-21,23-25H2,3-4H3,(H,44,49)/t31-,32?,33-,35+,36-,37+,38+,42-/m1/s1. The van der Waals surface area contributed by atoms with Crippen LogP contribution in [-0.2, 0) is 28.7 Å². The predicted octanol–water partition coefficient (Wildman–Crippen LogP) is 5.88. The number of benzene rings is 3. The van der Waals surface area contributed by atoms with Crippen molar-refractivity contribution in [1.82, 2.24) is 10.2 Å². The van der Waals surface area contributed by atoms with Crippen LogP contribution in [0.4, 0.5) is 5.69 Å². The van der Waals surface area contributed by atoms with Crippen molar-refractivity contribution in [1.29, 1.82) is 0 Å². The summed E-state index contributed by atoms with van der Waals surface area (Å²) in [5.41, 5.74) is 0.0113. The number of anilines is 1. The van der Waals surface area contributed by atoms with E-state index < -0.39 is 59.5 Å². The topological polar surface area (TPSA) is 125 Å². The molecule has 3 aromatic rings. The molecule has 3 fully saturated rings. The van der Waals surface area contributed by atoms with Gasteiger partial charge in [0.05, 0.1) is 36.6 Å². The molecule has 3 saturated heterocycles. The van der Waals surface area contributed by atoms with Gasteiger partial charge in [-0.15, -0.1) is 13.2 Å². The van der Waals surface area contributed by atoms with Gasteiger partial charge in [-0.05, 0) is 53.6 Å². The van der Waals surface area contributed by atoms with E-state index in [1.165, 1.54) is 4.90 Å². The highest BCUT2D eigenvalue weighted by molar-refractivity contribution is 9.09. The van der Waals surface area contributed by atoms with Crippen molar-refractivity contribution in [2.24, 2.45) is 17.8 Å². The third kappa shape index (κ3) is 7.43. The van der Waals surface area contributed by atoms with Crippen molar-refractivity contribution < 1.29 is 33.8 Å². The number of amides is 3. The van der Waals surface area contributed by atoms with Gasteiger partial charge in [0.15, 0.2) is 0 Å². The lowest BCUT2D eigenvalue weighted by molar-refractivity contribution is -0.146. The number of aliphatic hydroxyl groups excluding tert-OH is 1. The van der Waals surface area contributed by atoms with E-state index in [-0.39, 0.29) is 42.8 Å². The van der Waals surface area contributed by atoms with Gasteiger partial charge in [-0.1, -0.05) is 103 Å². The van der Waals surface area contributed by atoms with Gasteiger partial charge in [-0.3, -0.25) is 19.2 Å². The molecule has 8 atom stereocenters. The van der Waals surface area contributed by atoms with Gasteiger partial charge in [0.25, 0.3) is 5.91 Å². The van der Waals surface area contributed by atoms with E-state index in [1.807, 2.05) is 86.6 Å². The van der Waals surface area contributed by atoms with E-state index in [9.17, 15) is 19.5 Å². The highest BCUT2D eigenvalue weighted by Gasteiger charge is 2.77. The molecule has 1 unspecified atom stereocenters. The molecule has 280 valence electrons. The fraction of sp³-hybridized carbons (Fsp3) is 0.429. The third-order valence-corrected chi connectivity index (χ3v) is 11.6. The molecule has 0 saturated carbocycles. The molecule has 1 spiro atoms. The first-order valence-corrected chi connectivity index (χ1v) is 19.2. The molecule has 2 bridgehead atoms. The number of likely N-dealkylation sites (tertiary alicyclic amines) is 1. The minimum Gasteiger partial charge on any atom is -0.463 e. The predicted molar refractivity (Wildman–Crippen MR) is 207 cm³/mol. The first-order chi connectivity index (χ1) is 25.5.